The van der Waals surface area contributed by atoms with Crippen molar-refractivity contribution >= 4 is 38.6 Å². The lowest BCUT2D eigenvalue weighted by atomic mass is 10.2. The number of aliphatic carboxylic acids is 1. The van der Waals surface area contributed by atoms with E-state index in [2.05, 4.69) is 15.3 Å². The molecular formula is C17H14F3N3O4S. The summed E-state index contributed by atoms with van der Waals surface area (Å²) < 4.78 is 38.1. The molecule has 0 unspecified atom stereocenters. The van der Waals surface area contributed by atoms with Crippen LogP contribution in [-0.4, -0.2) is 40.2 Å². The molecule has 28 heavy (non-hydrogen) atoms. The first-order valence-electron chi connectivity index (χ1n) is 7.59. The van der Waals surface area contributed by atoms with Crippen LogP contribution in [-0.2, 0) is 4.79 Å². The molecule has 0 aliphatic carbocycles. The molecule has 3 aromatic rings. The van der Waals surface area contributed by atoms with Gasteiger partial charge in [-0.15, -0.1) is 0 Å². The first-order chi connectivity index (χ1) is 13.1. The lowest BCUT2D eigenvalue weighted by Gasteiger charge is -2.01. The van der Waals surface area contributed by atoms with Crippen LogP contribution in [0.5, 0.6) is 5.75 Å². The number of carbonyl (C=O) groups excluding carboxylic acids is 1. The zero-order valence-electron chi connectivity index (χ0n) is 14.6. The van der Waals surface area contributed by atoms with E-state index in [-0.39, 0.29) is 5.91 Å². The summed E-state index contributed by atoms with van der Waals surface area (Å²) in [7, 11) is 1.61. The van der Waals surface area contributed by atoms with Gasteiger partial charge in [0.2, 0.25) is 0 Å². The van der Waals surface area contributed by atoms with E-state index in [4.69, 9.17) is 14.6 Å². The number of halogens is 3. The van der Waals surface area contributed by atoms with Crippen molar-refractivity contribution in [2.24, 2.45) is 0 Å². The summed E-state index contributed by atoms with van der Waals surface area (Å²) in [6.45, 7) is 2.01. The zero-order valence-corrected chi connectivity index (χ0v) is 15.4. The highest BCUT2D eigenvalue weighted by Crippen LogP contribution is 2.34. The maximum atomic E-state index is 12.1. The van der Waals surface area contributed by atoms with Crippen LogP contribution in [0.25, 0.3) is 10.2 Å². The third-order valence-electron chi connectivity index (χ3n) is 3.31. The highest BCUT2D eigenvalue weighted by Gasteiger charge is 2.38. The molecule has 1 aromatic carbocycles. The maximum absolute atomic E-state index is 12.1. The monoisotopic (exact) mass is 413 g/mol. The minimum atomic E-state index is -5.08. The molecule has 2 heterocycles. The van der Waals surface area contributed by atoms with Crippen LogP contribution < -0.4 is 10.1 Å². The summed E-state index contributed by atoms with van der Waals surface area (Å²) in [5, 5.41) is 10.5. The van der Waals surface area contributed by atoms with Gasteiger partial charge in [-0.05, 0) is 30.7 Å². The molecular weight excluding hydrogens is 399 g/mol. The second-order valence-corrected chi connectivity index (χ2v) is 6.28. The van der Waals surface area contributed by atoms with Crippen molar-refractivity contribution in [2.45, 2.75) is 13.1 Å². The van der Waals surface area contributed by atoms with Crippen LogP contribution in [0.1, 0.15) is 15.9 Å². The van der Waals surface area contributed by atoms with E-state index in [1.807, 2.05) is 19.1 Å². The largest absolute Gasteiger partial charge is 0.494 e. The molecule has 0 fully saturated rings. The van der Waals surface area contributed by atoms with Gasteiger partial charge in [-0.25, -0.2) is 9.78 Å². The number of rotatable bonds is 3. The van der Waals surface area contributed by atoms with Gasteiger partial charge in [-0.2, -0.15) is 13.2 Å². The lowest BCUT2D eigenvalue weighted by molar-refractivity contribution is -0.192. The van der Waals surface area contributed by atoms with Gasteiger partial charge >= 0.3 is 12.1 Å². The normalized spacial score (nSPS) is 10.8. The lowest BCUT2D eigenvalue weighted by Crippen LogP contribution is -2.21. The fourth-order valence-corrected chi connectivity index (χ4v) is 2.94. The highest BCUT2D eigenvalue weighted by molar-refractivity contribution is 7.22. The molecule has 0 radical (unpaired) electrons. The molecule has 11 heteroatoms. The molecule has 0 saturated carbocycles. The number of hydrogen-bond acceptors (Lipinski definition) is 6. The predicted molar refractivity (Wildman–Crippen MR) is 96.8 cm³/mol. The number of alkyl halides is 3. The SMILES string of the molecule is COc1ccc(C)c2sc(NC(=O)c3cccnc3)nc12.O=C(O)C(F)(F)F. The van der Waals surface area contributed by atoms with E-state index in [9.17, 15) is 18.0 Å². The van der Waals surface area contributed by atoms with Crippen LogP contribution in [0, 0.1) is 6.92 Å². The topological polar surface area (TPSA) is 101 Å². The Hall–Kier alpha value is -3.21. The molecule has 2 N–H and O–H groups in total. The molecule has 0 spiro atoms. The van der Waals surface area contributed by atoms with E-state index in [0.29, 0.717) is 16.4 Å². The van der Waals surface area contributed by atoms with Crippen LogP contribution >= 0.6 is 11.3 Å². The number of pyridine rings is 1. The van der Waals surface area contributed by atoms with Crippen molar-refractivity contribution < 1.29 is 32.6 Å². The quantitative estimate of drug-likeness (QED) is 0.676. The number of carbonyl (C=O) groups is 2. The molecule has 0 bridgehead atoms. The summed E-state index contributed by atoms with van der Waals surface area (Å²) in [6.07, 6.45) is -1.93. The Morgan fingerprint density at radius 2 is 1.93 bits per heavy atom. The standard InChI is InChI=1S/C15H13N3O2S.C2HF3O2/c1-9-5-6-11(20-2)12-13(9)21-15(17-12)18-14(19)10-4-3-7-16-8-10;3-2(4,5)1(6)7/h3-8H,1-2H3,(H,17,18,19);(H,6,7). The van der Waals surface area contributed by atoms with Gasteiger partial charge in [-0.1, -0.05) is 17.4 Å². The number of aromatic nitrogens is 2. The Morgan fingerprint density at radius 1 is 1.25 bits per heavy atom. The number of carboxylic acids is 1. The van der Waals surface area contributed by atoms with E-state index >= 15 is 0 Å². The number of methoxy groups -OCH3 is 1. The van der Waals surface area contributed by atoms with Crippen molar-refractivity contribution in [1.29, 1.82) is 0 Å². The summed E-state index contributed by atoms with van der Waals surface area (Å²) in [5.41, 5.74) is 2.37. The second-order valence-electron chi connectivity index (χ2n) is 5.28. The maximum Gasteiger partial charge on any atom is 0.490 e. The molecule has 0 aliphatic heterocycles. The van der Waals surface area contributed by atoms with Crippen LogP contribution in [0.4, 0.5) is 18.3 Å². The number of hydrogen-bond donors (Lipinski definition) is 2. The number of carboxylic acid groups (broad SMARTS) is 1. The minimum Gasteiger partial charge on any atom is -0.494 e. The van der Waals surface area contributed by atoms with E-state index < -0.39 is 12.1 Å². The fourth-order valence-electron chi connectivity index (χ4n) is 1.99. The highest BCUT2D eigenvalue weighted by atomic mass is 32.1. The molecule has 0 aliphatic rings. The number of nitrogens with one attached hydrogen (secondary N) is 1. The summed E-state index contributed by atoms with van der Waals surface area (Å²) >= 11 is 1.43. The van der Waals surface area contributed by atoms with E-state index in [0.717, 1.165) is 15.8 Å². The third kappa shape index (κ3) is 5.16. The average molecular weight is 413 g/mol. The molecule has 2 aromatic heterocycles. The van der Waals surface area contributed by atoms with E-state index in [1.165, 1.54) is 17.5 Å². The average Bonchev–Trinajstić information content (AvgIpc) is 3.07. The van der Waals surface area contributed by atoms with Gasteiger partial charge in [0.05, 0.1) is 17.4 Å². The van der Waals surface area contributed by atoms with Gasteiger partial charge in [0.15, 0.2) is 5.13 Å². The minimum absolute atomic E-state index is 0.223. The number of benzene rings is 1. The Bertz CT molecular complexity index is 990. The number of aryl methyl sites for hydroxylation is 1. The molecule has 148 valence electrons. The Balaban J connectivity index is 0.000000345. The van der Waals surface area contributed by atoms with Crippen LogP contribution in [0.3, 0.4) is 0 Å². The molecule has 0 saturated heterocycles. The van der Waals surface area contributed by atoms with Gasteiger partial charge in [0.25, 0.3) is 5.91 Å². The van der Waals surface area contributed by atoms with Gasteiger partial charge < -0.3 is 9.84 Å². The van der Waals surface area contributed by atoms with Gasteiger partial charge in [-0.3, -0.25) is 15.1 Å². The van der Waals surface area contributed by atoms with Crippen molar-refractivity contribution in [1.82, 2.24) is 9.97 Å². The van der Waals surface area contributed by atoms with Crippen LogP contribution in [0.15, 0.2) is 36.7 Å². The number of ether oxygens (including phenoxy) is 1. The predicted octanol–water partition coefficient (Wildman–Crippen LogP) is 3.89. The third-order valence-corrected chi connectivity index (χ3v) is 4.42. The smallest absolute Gasteiger partial charge is 0.490 e. The van der Waals surface area contributed by atoms with Gasteiger partial charge in [0, 0.05) is 12.4 Å². The summed E-state index contributed by atoms with van der Waals surface area (Å²) in [5.74, 6) is -2.28. The molecule has 7 nitrogen and oxygen atoms in total. The number of anilines is 1. The first-order valence-corrected chi connectivity index (χ1v) is 8.40. The summed E-state index contributed by atoms with van der Waals surface area (Å²) in [6, 6.07) is 7.29. The first kappa shape index (κ1) is 21.1. The van der Waals surface area contributed by atoms with Crippen molar-refractivity contribution in [2.75, 3.05) is 12.4 Å². The number of thiazole rings is 1. The van der Waals surface area contributed by atoms with Crippen LogP contribution in [0.2, 0.25) is 0 Å². The second kappa shape index (κ2) is 8.65. The molecule has 3 rings (SSSR count). The number of nitrogens with zero attached hydrogens (tertiary/aromatic N) is 2. The Kier molecular flexibility index (Phi) is 6.52. The number of amides is 1. The van der Waals surface area contributed by atoms with Crippen molar-refractivity contribution in [3.05, 3.63) is 47.8 Å². The van der Waals surface area contributed by atoms with Crippen molar-refractivity contribution in [3.8, 4) is 5.75 Å². The van der Waals surface area contributed by atoms with Gasteiger partial charge in [0.1, 0.15) is 11.3 Å². The molecule has 1 amide bonds. The Morgan fingerprint density at radius 3 is 2.46 bits per heavy atom. The van der Waals surface area contributed by atoms with Crippen molar-refractivity contribution in [3.63, 3.8) is 0 Å². The van der Waals surface area contributed by atoms with E-state index in [1.54, 1.807) is 25.4 Å². The summed E-state index contributed by atoms with van der Waals surface area (Å²) in [4.78, 5) is 29.4. The number of fused-ring (bicyclic) bond motifs is 1. The Labute approximate surface area is 160 Å². The zero-order chi connectivity index (χ0) is 20.9. The fraction of sp³-hybridized carbons (Fsp3) is 0.176. The molecule has 0 atom stereocenters.